The topological polar surface area (TPSA) is 49.5 Å². The molecule has 0 saturated carbocycles. The number of phenolic OH excluding ortho intramolecular Hbond substituents is 1. The fraction of sp³-hybridized carbons (Fsp3) is 0. The minimum Gasteiger partial charge on any atom is -0.505 e. The predicted octanol–water partition coefficient (Wildman–Crippen LogP) is 10.1. The van der Waals surface area contributed by atoms with Gasteiger partial charge in [0.25, 0.3) is 0 Å². The van der Waals surface area contributed by atoms with Crippen LogP contribution in [0.2, 0.25) is 0 Å². The lowest BCUT2D eigenvalue weighted by Gasteiger charge is -2.27. The molecule has 0 aliphatic heterocycles. The summed E-state index contributed by atoms with van der Waals surface area (Å²) in [5, 5.41) is 14.7. The van der Waals surface area contributed by atoms with Crippen molar-refractivity contribution < 1.29 is 5.11 Å². The molecule has 7 aromatic rings. The number of aromatic hydroxyl groups is 1. The smallest absolute Gasteiger partial charge is 0.146 e. The van der Waals surface area contributed by atoms with Gasteiger partial charge in [0.1, 0.15) is 5.75 Å². The second-order valence-corrected chi connectivity index (χ2v) is 10.2. The molecule has 3 N–H and O–H groups in total. The Morgan fingerprint density at radius 1 is 0.439 bits per heavy atom. The van der Waals surface area contributed by atoms with Gasteiger partial charge in [-0.1, -0.05) is 103 Å². The number of nitrogen functional groups attached to an aromatic ring is 1. The predicted molar refractivity (Wildman–Crippen MR) is 173 cm³/mol. The van der Waals surface area contributed by atoms with Crippen molar-refractivity contribution in [2.45, 2.75) is 0 Å². The third-order valence-corrected chi connectivity index (χ3v) is 7.67. The average molecular weight is 529 g/mol. The van der Waals surface area contributed by atoms with E-state index in [9.17, 15) is 5.11 Å². The molecule has 7 aromatic carbocycles. The van der Waals surface area contributed by atoms with E-state index in [4.69, 9.17) is 5.73 Å². The highest BCUT2D eigenvalue weighted by Crippen LogP contribution is 2.43. The lowest BCUT2D eigenvalue weighted by molar-refractivity contribution is 0.484. The quantitative estimate of drug-likeness (QED) is 0.173. The van der Waals surface area contributed by atoms with Crippen LogP contribution in [0.4, 0.5) is 22.7 Å². The molecule has 0 radical (unpaired) electrons. The van der Waals surface area contributed by atoms with Crippen LogP contribution in [0.1, 0.15) is 0 Å². The summed E-state index contributed by atoms with van der Waals surface area (Å²) in [6.45, 7) is 0. The molecular weight excluding hydrogens is 500 g/mol. The van der Waals surface area contributed by atoms with Gasteiger partial charge in [-0.2, -0.15) is 0 Å². The molecule has 3 nitrogen and oxygen atoms in total. The Labute approximate surface area is 239 Å². The van der Waals surface area contributed by atoms with Crippen molar-refractivity contribution in [3.8, 4) is 28.0 Å². The molecule has 0 spiro atoms. The van der Waals surface area contributed by atoms with Crippen LogP contribution >= 0.6 is 0 Å². The normalized spacial score (nSPS) is 11.1. The fourth-order valence-corrected chi connectivity index (χ4v) is 5.64. The number of nitrogens with two attached hydrogens (primary N) is 1. The van der Waals surface area contributed by atoms with Crippen molar-refractivity contribution in [1.29, 1.82) is 0 Å². The molecule has 41 heavy (non-hydrogen) atoms. The molecule has 0 heterocycles. The molecule has 0 bridgehead atoms. The summed E-state index contributed by atoms with van der Waals surface area (Å²) < 4.78 is 0. The Balaban J connectivity index is 1.49. The maximum Gasteiger partial charge on any atom is 0.146 e. The molecule has 0 atom stereocenters. The van der Waals surface area contributed by atoms with E-state index >= 15 is 0 Å². The molecule has 196 valence electrons. The van der Waals surface area contributed by atoms with Crippen molar-refractivity contribution in [2.75, 3.05) is 10.6 Å². The molecule has 3 heteroatoms. The Bertz CT molecular complexity index is 2020. The van der Waals surface area contributed by atoms with Gasteiger partial charge in [-0.15, -0.1) is 0 Å². The molecule has 7 rings (SSSR count). The first-order chi connectivity index (χ1) is 20.2. The SMILES string of the molecule is Nc1ccc2cc(N(c3cccc(-c4ccccc4)c3)c3cc(-c4ccccc4)c4ccccc4c3)ccc2c1O. The third kappa shape index (κ3) is 4.54. The number of anilines is 4. The number of fused-ring (bicyclic) bond motifs is 2. The van der Waals surface area contributed by atoms with Crippen molar-refractivity contribution in [3.63, 3.8) is 0 Å². The Morgan fingerprint density at radius 2 is 1.07 bits per heavy atom. The van der Waals surface area contributed by atoms with E-state index in [1.54, 1.807) is 6.07 Å². The molecule has 0 aliphatic carbocycles. The summed E-state index contributed by atoms with van der Waals surface area (Å²) in [4.78, 5) is 2.29. The van der Waals surface area contributed by atoms with Gasteiger partial charge >= 0.3 is 0 Å². The molecule has 0 aliphatic rings. The first-order valence-corrected chi connectivity index (χ1v) is 13.7. The Kier molecular flexibility index (Phi) is 6.10. The van der Waals surface area contributed by atoms with Crippen molar-refractivity contribution in [2.24, 2.45) is 0 Å². The summed E-state index contributed by atoms with van der Waals surface area (Å²) in [5.74, 6) is 0.115. The zero-order valence-corrected chi connectivity index (χ0v) is 22.4. The van der Waals surface area contributed by atoms with Gasteiger partial charge in [-0.3, -0.25) is 0 Å². The van der Waals surface area contributed by atoms with E-state index in [2.05, 4.69) is 120 Å². The van der Waals surface area contributed by atoms with Crippen LogP contribution < -0.4 is 10.6 Å². The summed E-state index contributed by atoms with van der Waals surface area (Å²) in [6, 6.07) is 52.5. The maximum atomic E-state index is 10.6. The van der Waals surface area contributed by atoms with Crippen LogP contribution in [-0.2, 0) is 0 Å². The van der Waals surface area contributed by atoms with Gasteiger partial charge in [-0.05, 0) is 86.9 Å². The minimum absolute atomic E-state index is 0.115. The van der Waals surface area contributed by atoms with E-state index in [0.717, 1.165) is 39.0 Å². The van der Waals surface area contributed by atoms with E-state index in [1.165, 1.54) is 21.9 Å². The number of hydrogen-bond acceptors (Lipinski definition) is 3. The van der Waals surface area contributed by atoms with Crippen molar-refractivity contribution >= 4 is 44.3 Å². The highest BCUT2D eigenvalue weighted by molar-refractivity contribution is 6.02. The second-order valence-electron chi connectivity index (χ2n) is 10.2. The van der Waals surface area contributed by atoms with E-state index < -0.39 is 0 Å². The first kappa shape index (κ1) is 24.5. The van der Waals surface area contributed by atoms with E-state index in [1.807, 2.05) is 30.3 Å². The number of nitrogens with zero attached hydrogens (tertiary/aromatic N) is 1. The molecular formula is C38H28N2O. The zero-order valence-electron chi connectivity index (χ0n) is 22.4. The molecule has 0 fully saturated rings. The fourth-order valence-electron chi connectivity index (χ4n) is 5.64. The lowest BCUT2D eigenvalue weighted by atomic mass is 9.96. The van der Waals surface area contributed by atoms with Gasteiger partial charge < -0.3 is 15.7 Å². The van der Waals surface area contributed by atoms with Crippen LogP contribution in [0.25, 0.3) is 43.8 Å². The number of benzene rings is 7. The monoisotopic (exact) mass is 528 g/mol. The minimum atomic E-state index is 0.115. The van der Waals surface area contributed by atoms with Crippen LogP contribution in [0, 0.1) is 0 Å². The number of hydrogen-bond donors (Lipinski definition) is 2. The Hall–Kier alpha value is -5.54. The van der Waals surface area contributed by atoms with Gasteiger partial charge in [0.15, 0.2) is 0 Å². The van der Waals surface area contributed by atoms with E-state index in [0.29, 0.717) is 5.69 Å². The summed E-state index contributed by atoms with van der Waals surface area (Å²) in [6.07, 6.45) is 0. The second kappa shape index (κ2) is 10.2. The van der Waals surface area contributed by atoms with Crippen LogP contribution in [0.5, 0.6) is 5.75 Å². The summed E-state index contributed by atoms with van der Waals surface area (Å²) in [5.41, 5.74) is 14.1. The number of rotatable bonds is 5. The van der Waals surface area contributed by atoms with Crippen LogP contribution in [0.15, 0.2) is 152 Å². The standard InChI is InChI=1S/C38H28N2O/c39-37-21-18-30-23-32(19-20-35(30)38(37)41)40(31-16-9-15-28(22-31)26-10-3-1-4-11-26)33-24-29-14-7-8-17-34(29)36(25-33)27-12-5-2-6-13-27/h1-25,41H,39H2. The van der Waals surface area contributed by atoms with E-state index in [-0.39, 0.29) is 5.75 Å². The van der Waals surface area contributed by atoms with Crippen molar-refractivity contribution in [3.05, 3.63) is 152 Å². The highest BCUT2D eigenvalue weighted by atomic mass is 16.3. The zero-order chi connectivity index (χ0) is 27.8. The van der Waals surface area contributed by atoms with Gasteiger partial charge in [-0.25, -0.2) is 0 Å². The van der Waals surface area contributed by atoms with Crippen LogP contribution in [-0.4, -0.2) is 5.11 Å². The average Bonchev–Trinajstić information content (AvgIpc) is 3.04. The summed E-state index contributed by atoms with van der Waals surface area (Å²) in [7, 11) is 0. The number of phenols is 1. The van der Waals surface area contributed by atoms with Gasteiger partial charge in [0, 0.05) is 22.4 Å². The van der Waals surface area contributed by atoms with Gasteiger partial charge in [0.05, 0.1) is 5.69 Å². The summed E-state index contributed by atoms with van der Waals surface area (Å²) >= 11 is 0. The molecule has 0 aromatic heterocycles. The van der Waals surface area contributed by atoms with Crippen LogP contribution in [0.3, 0.4) is 0 Å². The lowest BCUT2D eigenvalue weighted by Crippen LogP contribution is -2.10. The molecule has 0 saturated heterocycles. The largest absolute Gasteiger partial charge is 0.505 e. The first-order valence-electron chi connectivity index (χ1n) is 13.7. The highest BCUT2D eigenvalue weighted by Gasteiger charge is 2.18. The maximum absolute atomic E-state index is 10.6. The van der Waals surface area contributed by atoms with Crippen molar-refractivity contribution in [1.82, 2.24) is 0 Å². The van der Waals surface area contributed by atoms with Gasteiger partial charge in [0.2, 0.25) is 0 Å². The molecule has 0 unspecified atom stereocenters. The third-order valence-electron chi connectivity index (χ3n) is 7.67. The molecule has 0 amide bonds. The Morgan fingerprint density at radius 3 is 1.88 bits per heavy atom.